The number of carbonyl (C=O) groups excluding carboxylic acids is 2. The minimum absolute atomic E-state index is 0.0823. The molecule has 154 valence electrons. The molecule has 0 aromatic heterocycles. The number of halogens is 1. The average molecular weight is 477 g/mol. The van der Waals surface area contributed by atoms with Crippen LogP contribution in [0.4, 0.5) is 5.69 Å². The lowest BCUT2D eigenvalue weighted by atomic mass is 9.70. The van der Waals surface area contributed by atoms with E-state index in [0.717, 1.165) is 23.0 Å². The van der Waals surface area contributed by atoms with E-state index in [9.17, 15) is 9.59 Å². The summed E-state index contributed by atoms with van der Waals surface area (Å²) in [6, 6.07) is 7.33. The van der Waals surface area contributed by atoms with Crippen molar-refractivity contribution in [2.24, 2.45) is 27.0 Å². The monoisotopic (exact) mass is 476 g/mol. The number of rotatable bonds is 4. The molecule has 3 fully saturated rings. The summed E-state index contributed by atoms with van der Waals surface area (Å²) < 4.78 is 0.941. The van der Waals surface area contributed by atoms with Gasteiger partial charge in [-0.05, 0) is 54.9 Å². The number of hydrogen-bond acceptors (Lipinski definition) is 5. The van der Waals surface area contributed by atoms with Crippen LogP contribution in [-0.4, -0.2) is 27.9 Å². The third-order valence-electron chi connectivity index (χ3n) is 7.05. The van der Waals surface area contributed by atoms with Gasteiger partial charge in [0, 0.05) is 27.7 Å². The van der Waals surface area contributed by atoms with Crippen molar-refractivity contribution < 1.29 is 9.59 Å². The molecule has 1 aliphatic heterocycles. The largest absolute Gasteiger partial charge is 0.326 e. The fourth-order valence-corrected chi connectivity index (χ4v) is 5.87. The third kappa shape index (κ3) is 3.77. The van der Waals surface area contributed by atoms with Gasteiger partial charge in [0.2, 0.25) is 11.8 Å². The van der Waals surface area contributed by atoms with Gasteiger partial charge in [0.15, 0.2) is 5.17 Å². The highest BCUT2D eigenvalue weighted by Gasteiger charge is 2.60. The summed E-state index contributed by atoms with van der Waals surface area (Å²) in [5.41, 5.74) is 2.16. The Morgan fingerprint density at radius 2 is 2.00 bits per heavy atom. The summed E-state index contributed by atoms with van der Waals surface area (Å²) in [5, 5.41) is 14.5. The molecule has 2 amide bonds. The van der Waals surface area contributed by atoms with Gasteiger partial charge in [0.1, 0.15) is 5.25 Å². The second kappa shape index (κ2) is 7.54. The van der Waals surface area contributed by atoms with Crippen LogP contribution >= 0.6 is 27.7 Å². The van der Waals surface area contributed by atoms with Gasteiger partial charge in [-0.3, -0.25) is 9.59 Å². The fourth-order valence-electron chi connectivity index (χ4n) is 4.69. The van der Waals surface area contributed by atoms with Crippen LogP contribution in [0, 0.1) is 16.7 Å². The highest BCUT2D eigenvalue weighted by atomic mass is 79.9. The number of amidine groups is 1. The molecule has 8 heteroatoms. The van der Waals surface area contributed by atoms with E-state index in [1.54, 1.807) is 0 Å². The number of hydrogen-bond donors (Lipinski definition) is 2. The molecule has 3 atom stereocenters. The highest BCUT2D eigenvalue weighted by molar-refractivity contribution is 9.10. The van der Waals surface area contributed by atoms with Gasteiger partial charge in [-0.2, -0.15) is 5.10 Å². The number of fused-ring (bicyclic) bond motifs is 2. The number of nitrogens with one attached hydrogen (secondary N) is 2. The zero-order chi connectivity index (χ0) is 20.8. The highest BCUT2D eigenvalue weighted by Crippen LogP contribution is 2.64. The molecule has 2 aliphatic carbocycles. The van der Waals surface area contributed by atoms with Crippen molar-refractivity contribution in [3.8, 4) is 0 Å². The molecule has 6 nitrogen and oxygen atoms in total. The first-order valence-electron chi connectivity index (χ1n) is 9.87. The van der Waals surface area contributed by atoms with Gasteiger partial charge in [-0.15, -0.1) is 5.10 Å². The maximum Gasteiger partial charge on any atom is 0.240 e. The van der Waals surface area contributed by atoms with Crippen LogP contribution in [0.2, 0.25) is 0 Å². The Morgan fingerprint density at radius 3 is 2.62 bits per heavy atom. The number of anilines is 1. The second-order valence-electron chi connectivity index (χ2n) is 8.80. The number of benzene rings is 1. The predicted molar refractivity (Wildman–Crippen MR) is 121 cm³/mol. The van der Waals surface area contributed by atoms with Crippen molar-refractivity contribution in [2.75, 3.05) is 5.32 Å². The van der Waals surface area contributed by atoms with Gasteiger partial charge in [-0.25, -0.2) is 0 Å². The van der Waals surface area contributed by atoms with E-state index in [4.69, 9.17) is 0 Å². The Kier molecular flexibility index (Phi) is 5.36. The Balaban J connectivity index is 1.38. The van der Waals surface area contributed by atoms with Crippen LogP contribution in [0.3, 0.4) is 0 Å². The van der Waals surface area contributed by atoms with Crippen LogP contribution in [0.5, 0.6) is 0 Å². The number of carbonyl (C=O) groups is 2. The molecule has 0 radical (unpaired) electrons. The van der Waals surface area contributed by atoms with Crippen molar-refractivity contribution in [3.63, 3.8) is 0 Å². The smallest absolute Gasteiger partial charge is 0.240 e. The normalized spacial score (nSPS) is 32.8. The first-order chi connectivity index (χ1) is 13.7. The van der Waals surface area contributed by atoms with E-state index in [-0.39, 0.29) is 29.1 Å². The fraction of sp³-hybridized carbons (Fsp3) is 0.524. The first kappa shape index (κ1) is 20.6. The van der Waals surface area contributed by atoms with Gasteiger partial charge in [0.05, 0.1) is 0 Å². The number of thioether (sulfide) groups is 1. The summed E-state index contributed by atoms with van der Waals surface area (Å²) in [6.45, 7) is 6.94. The van der Waals surface area contributed by atoms with E-state index < -0.39 is 5.25 Å². The lowest BCUT2D eigenvalue weighted by Gasteiger charge is -2.34. The van der Waals surface area contributed by atoms with E-state index in [1.807, 2.05) is 24.3 Å². The molecule has 29 heavy (non-hydrogen) atoms. The second-order valence-corrected chi connectivity index (χ2v) is 10.9. The minimum Gasteiger partial charge on any atom is -0.326 e. The Bertz CT molecular complexity index is 912. The standard InChI is InChI=1S/C21H25BrN4O2S/c1-20(2)12-8-9-21(20,3)16(10-12)25-26-19-24-18(28)15(29-19)11-17(27)23-14-6-4-13(22)5-7-14/h4-7,12,15H,8-11H2,1-3H3,(H,23,27)(H,24,26,28)/b25-16+/t12-,15+,21+/m1/s1. The Morgan fingerprint density at radius 1 is 1.28 bits per heavy atom. The van der Waals surface area contributed by atoms with Crippen molar-refractivity contribution >= 4 is 56.1 Å². The van der Waals surface area contributed by atoms with Crippen LogP contribution < -0.4 is 10.6 Å². The zero-order valence-corrected chi connectivity index (χ0v) is 19.2. The van der Waals surface area contributed by atoms with Crippen molar-refractivity contribution in [1.29, 1.82) is 0 Å². The number of nitrogens with zero attached hydrogens (tertiary/aromatic N) is 2. The van der Waals surface area contributed by atoms with Crippen LogP contribution in [0.1, 0.15) is 46.5 Å². The van der Waals surface area contributed by atoms with Crippen molar-refractivity contribution in [3.05, 3.63) is 28.7 Å². The Labute approximate surface area is 183 Å². The maximum absolute atomic E-state index is 12.3. The molecule has 2 N–H and O–H groups in total. The molecule has 1 saturated heterocycles. The van der Waals surface area contributed by atoms with E-state index in [1.165, 1.54) is 18.2 Å². The molecule has 1 aromatic carbocycles. The molecule has 0 spiro atoms. The molecule has 3 aliphatic rings. The topological polar surface area (TPSA) is 82.9 Å². The Hall–Kier alpha value is -1.67. The summed E-state index contributed by atoms with van der Waals surface area (Å²) in [4.78, 5) is 24.5. The molecular formula is C21H25BrN4O2S. The minimum atomic E-state index is -0.489. The molecule has 4 rings (SSSR count). The average Bonchev–Trinajstić information content (AvgIpc) is 3.18. The summed E-state index contributed by atoms with van der Waals surface area (Å²) in [6.07, 6.45) is 3.47. The lowest BCUT2D eigenvalue weighted by molar-refractivity contribution is -0.122. The van der Waals surface area contributed by atoms with Crippen LogP contribution in [0.15, 0.2) is 38.9 Å². The summed E-state index contributed by atoms with van der Waals surface area (Å²) in [5.74, 6) is 0.265. The first-order valence-corrected chi connectivity index (χ1v) is 11.5. The quantitative estimate of drug-likeness (QED) is 0.624. The van der Waals surface area contributed by atoms with E-state index in [2.05, 4.69) is 57.5 Å². The molecule has 2 saturated carbocycles. The molecule has 0 unspecified atom stereocenters. The van der Waals surface area contributed by atoms with E-state index in [0.29, 0.717) is 16.8 Å². The van der Waals surface area contributed by atoms with Crippen molar-refractivity contribution in [2.45, 2.75) is 51.7 Å². The van der Waals surface area contributed by atoms with E-state index >= 15 is 0 Å². The summed E-state index contributed by atoms with van der Waals surface area (Å²) in [7, 11) is 0. The number of amides is 2. The van der Waals surface area contributed by atoms with Crippen LogP contribution in [-0.2, 0) is 9.59 Å². The molecule has 2 bridgehead atoms. The lowest BCUT2D eigenvalue weighted by Crippen LogP contribution is -2.32. The SMILES string of the molecule is CC1(C)[C@@H]2CC[C@@]1(C)/C(=N/N=C1\NC(=O)[C@H](CC(=O)Nc3ccc(Br)cc3)S1)C2. The van der Waals surface area contributed by atoms with Gasteiger partial charge in [0.25, 0.3) is 0 Å². The molecular weight excluding hydrogens is 452 g/mol. The summed E-state index contributed by atoms with van der Waals surface area (Å²) >= 11 is 4.64. The van der Waals surface area contributed by atoms with Crippen LogP contribution in [0.25, 0.3) is 0 Å². The zero-order valence-electron chi connectivity index (χ0n) is 16.8. The maximum atomic E-state index is 12.3. The van der Waals surface area contributed by atoms with Crippen molar-refractivity contribution in [1.82, 2.24) is 5.32 Å². The van der Waals surface area contributed by atoms with Gasteiger partial charge < -0.3 is 10.6 Å². The predicted octanol–water partition coefficient (Wildman–Crippen LogP) is 4.57. The van der Waals surface area contributed by atoms with Gasteiger partial charge >= 0.3 is 0 Å². The third-order valence-corrected chi connectivity index (χ3v) is 8.65. The molecule has 1 heterocycles. The van der Waals surface area contributed by atoms with Gasteiger partial charge in [-0.1, -0.05) is 48.5 Å². The molecule has 1 aromatic rings.